The van der Waals surface area contributed by atoms with E-state index in [1.54, 1.807) is 0 Å². The second-order valence-corrected chi connectivity index (χ2v) is 5.82. The standard InChI is InChI=1S/C13H17BrN2.2ClH/c14-9-5-6-13-11(7-9)12(15)8-16(13)10-3-1-2-4-10;;/h5-7,10,12H,1-4,8,15H2;2*1H. The van der Waals surface area contributed by atoms with Gasteiger partial charge in [-0.15, -0.1) is 24.8 Å². The summed E-state index contributed by atoms with van der Waals surface area (Å²) in [5.74, 6) is 0. The third kappa shape index (κ3) is 2.79. The molecule has 18 heavy (non-hydrogen) atoms. The van der Waals surface area contributed by atoms with Gasteiger partial charge < -0.3 is 10.6 Å². The molecule has 2 nitrogen and oxygen atoms in total. The third-order valence-corrected chi connectivity index (χ3v) is 4.35. The normalized spacial score (nSPS) is 22.3. The minimum absolute atomic E-state index is 0. The Bertz CT molecular complexity index is 408. The predicted molar refractivity (Wildman–Crippen MR) is 85.2 cm³/mol. The topological polar surface area (TPSA) is 29.3 Å². The highest BCUT2D eigenvalue weighted by atomic mass is 79.9. The van der Waals surface area contributed by atoms with E-state index in [1.165, 1.54) is 36.9 Å². The Morgan fingerprint density at radius 2 is 1.83 bits per heavy atom. The van der Waals surface area contributed by atoms with Crippen molar-refractivity contribution >= 4 is 46.4 Å². The minimum atomic E-state index is 0. The number of hydrogen-bond acceptors (Lipinski definition) is 2. The molecule has 1 heterocycles. The Hall–Kier alpha value is 0.0400. The first-order valence-electron chi connectivity index (χ1n) is 6.07. The van der Waals surface area contributed by atoms with Gasteiger partial charge in [-0.3, -0.25) is 0 Å². The number of halogens is 3. The van der Waals surface area contributed by atoms with Gasteiger partial charge in [0.15, 0.2) is 0 Å². The molecule has 1 saturated carbocycles. The zero-order valence-corrected chi connectivity index (χ0v) is 13.4. The summed E-state index contributed by atoms with van der Waals surface area (Å²) in [4.78, 5) is 2.53. The van der Waals surface area contributed by atoms with Crippen molar-refractivity contribution in [2.75, 3.05) is 11.4 Å². The van der Waals surface area contributed by atoms with Gasteiger partial charge in [0, 0.05) is 28.8 Å². The molecule has 0 radical (unpaired) electrons. The molecule has 1 atom stereocenters. The van der Waals surface area contributed by atoms with Crippen molar-refractivity contribution in [3.05, 3.63) is 28.2 Å². The largest absolute Gasteiger partial charge is 0.366 e. The van der Waals surface area contributed by atoms with Crippen LogP contribution in [0, 0.1) is 0 Å². The smallest absolute Gasteiger partial charge is 0.0494 e. The number of hydrogen-bond donors (Lipinski definition) is 1. The molecule has 102 valence electrons. The van der Waals surface area contributed by atoms with E-state index in [9.17, 15) is 0 Å². The summed E-state index contributed by atoms with van der Waals surface area (Å²) in [6.45, 7) is 0.996. The number of anilines is 1. The molecule has 2 aliphatic rings. The van der Waals surface area contributed by atoms with Crippen molar-refractivity contribution in [1.29, 1.82) is 0 Å². The molecule has 1 aliphatic heterocycles. The Kier molecular flexibility index (Phi) is 5.78. The van der Waals surface area contributed by atoms with E-state index >= 15 is 0 Å². The molecule has 0 bridgehead atoms. The van der Waals surface area contributed by atoms with Crippen LogP contribution in [-0.2, 0) is 0 Å². The zero-order chi connectivity index (χ0) is 11.1. The highest BCUT2D eigenvalue weighted by Gasteiger charge is 2.32. The van der Waals surface area contributed by atoms with Gasteiger partial charge >= 0.3 is 0 Å². The molecule has 3 rings (SSSR count). The molecule has 2 N–H and O–H groups in total. The maximum Gasteiger partial charge on any atom is 0.0494 e. The number of benzene rings is 1. The van der Waals surface area contributed by atoms with Crippen LogP contribution >= 0.6 is 40.7 Å². The van der Waals surface area contributed by atoms with E-state index < -0.39 is 0 Å². The second-order valence-electron chi connectivity index (χ2n) is 4.90. The Morgan fingerprint density at radius 3 is 2.50 bits per heavy atom. The SMILES string of the molecule is Cl.Cl.NC1CN(C2CCCC2)c2ccc(Br)cc21. The van der Waals surface area contributed by atoms with E-state index in [0.29, 0.717) is 0 Å². The summed E-state index contributed by atoms with van der Waals surface area (Å²) < 4.78 is 1.13. The average Bonchev–Trinajstić information content (AvgIpc) is 2.87. The molecule has 0 saturated heterocycles. The lowest BCUT2D eigenvalue weighted by Crippen LogP contribution is -2.33. The number of nitrogens with two attached hydrogens (primary N) is 1. The van der Waals surface area contributed by atoms with Gasteiger partial charge in [-0.05, 0) is 36.6 Å². The van der Waals surface area contributed by atoms with Crippen molar-refractivity contribution in [2.24, 2.45) is 5.73 Å². The third-order valence-electron chi connectivity index (χ3n) is 3.86. The van der Waals surface area contributed by atoms with Crippen LogP contribution in [0.5, 0.6) is 0 Å². The summed E-state index contributed by atoms with van der Waals surface area (Å²) in [6.07, 6.45) is 5.43. The van der Waals surface area contributed by atoms with Gasteiger partial charge in [0.1, 0.15) is 0 Å². The first-order chi connectivity index (χ1) is 7.75. The maximum atomic E-state index is 6.21. The fourth-order valence-electron chi connectivity index (χ4n) is 3.05. The molecule has 5 heteroatoms. The fraction of sp³-hybridized carbons (Fsp3) is 0.538. The van der Waals surface area contributed by atoms with Crippen molar-refractivity contribution < 1.29 is 0 Å². The highest BCUT2D eigenvalue weighted by molar-refractivity contribution is 9.10. The highest BCUT2D eigenvalue weighted by Crippen LogP contribution is 2.39. The Labute approximate surface area is 129 Å². The first kappa shape index (κ1) is 16.1. The van der Waals surface area contributed by atoms with E-state index in [4.69, 9.17) is 5.73 Å². The number of fused-ring (bicyclic) bond motifs is 1. The molecular weight excluding hydrogens is 335 g/mol. The monoisotopic (exact) mass is 352 g/mol. The lowest BCUT2D eigenvalue weighted by molar-refractivity contribution is 0.597. The minimum Gasteiger partial charge on any atom is -0.366 e. The lowest BCUT2D eigenvalue weighted by Gasteiger charge is -2.26. The van der Waals surface area contributed by atoms with Crippen molar-refractivity contribution in [1.82, 2.24) is 0 Å². The van der Waals surface area contributed by atoms with E-state index in [1.807, 2.05) is 0 Å². The Morgan fingerprint density at radius 1 is 1.17 bits per heavy atom. The average molecular weight is 354 g/mol. The summed E-state index contributed by atoms with van der Waals surface area (Å²) in [5, 5.41) is 0. The van der Waals surface area contributed by atoms with E-state index in [0.717, 1.165) is 17.1 Å². The molecule has 0 spiro atoms. The molecule has 0 amide bonds. The van der Waals surface area contributed by atoms with Crippen LogP contribution in [0.15, 0.2) is 22.7 Å². The quantitative estimate of drug-likeness (QED) is 0.824. The van der Waals surface area contributed by atoms with Gasteiger partial charge in [0.05, 0.1) is 0 Å². The van der Waals surface area contributed by atoms with Gasteiger partial charge in [0.25, 0.3) is 0 Å². The van der Waals surface area contributed by atoms with E-state index in [2.05, 4.69) is 39.0 Å². The fourth-order valence-corrected chi connectivity index (χ4v) is 3.43. The van der Waals surface area contributed by atoms with Crippen LogP contribution in [0.2, 0.25) is 0 Å². The molecule has 0 aromatic heterocycles. The Balaban J connectivity index is 0.000000810. The molecule has 1 aromatic carbocycles. The van der Waals surface area contributed by atoms with Gasteiger partial charge in [0.2, 0.25) is 0 Å². The zero-order valence-electron chi connectivity index (χ0n) is 10.1. The number of rotatable bonds is 1. The molecule has 1 unspecified atom stereocenters. The lowest BCUT2D eigenvalue weighted by atomic mass is 10.1. The summed E-state index contributed by atoms with van der Waals surface area (Å²) in [7, 11) is 0. The van der Waals surface area contributed by atoms with Crippen molar-refractivity contribution in [2.45, 2.75) is 37.8 Å². The van der Waals surface area contributed by atoms with Gasteiger partial charge in [-0.2, -0.15) is 0 Å². The summed E-state index contributed by atoms with van der Waals surface area (Å²) in [6, 6.07) is 7.43. The molecular formula is C13H19BrCl2N2. The van der Waals surface area contributed by atoms with E-state index in [-0.39, 0.29) is 30.9 Å². The second kappa shape index (κ2) is 6.47. The molecule has 1 aromatic rings. The van der Waals surface area contributed by atoms with Crippen LogP contribution < -0.4 is 10.6 Å². The van der Waals surface area contributed by atoms with Crippen LogP contribution in [0.1, 0.15) is 37.3 Å². The maximum absolute atomic E-state index is 6.21. The van der Waals surface area contributed by atoms with Crippen LogP contribution in [-0.4, -0.2) is 12.6 Å². The van der Waals surface area contributed by atoms with Crippen LogP contribution in [0.3, 0.4) is 0 Å². The number of nitrogens with zero attached hydrogens (tertiary/aromatic N) is 1. The van der Waals surface area contributed by atoms with Gasteiger partial charge in [-0.1, -0.05) is 28.8 Å². The van der Waals surface area contributed by atoms with Gasteiger partial charge in [-0.25, -0.2) is 0 Å². The molecule has 1 aliphatic carbocycles. The van der Waals surface area contributed by atoms with Crippen molar-refractivity contribution in [3.63, 3.8) is 0 Å². The summed E-state index contributed by atoms with van der Waals surface area (Å²) in [5.41, 5.74) is 8.88. The first-order valence-corrected chi connectivity index (χ1v) is 6.86. The van der Waals surface area contributed by atoms with Crippen LogP contribution in [0.4, 0.5) is 5.69 Å². The molecule has 1 fully saturated rings. The van der Waals surface area contributed by atoms with Crippen LogP contribution in [0.25, 0.3) is 0 Å². The van der Waals surface area contributed by atoms with Crippen molar-refractivity contribution in [3.8, 4) is 0 Å². The summed E-state index contributed by atoms with van der Waals surface area (Å²) >= 11 is 3.52. The predicted octanol–water partition coefficient (Wildman–Crippen LogP) is 4.06.